The zero-order valence-corrected chi connectivity index (χ0v) is 10.2. The molecule has 3 atom stereocenters. The van der Waals surface area contributed by atoms with E-state index in [1.165, 1.54) is 25.3 Å². The minimum atomic E-state index is -0.415. The van der Waals surface area contributed by atoms with E-state index < -0.39 is 6.10 Å². The van der Waals surface area contributed by atoms with Crippen LogP contribution in [0.3, 0.4) is 0 Å². The van der Waals surface area contributed by atoms with Gasteiger partial charge in [0.25, 0.3) is 5.69 Å². The van der Waals surface area contributed by atoms with Crippen LogP contribution in [0.25, 0.3) is 0 Å². The highest BCUT2D eigenvalue weighted by molar-refractivity contribution is 5.40. The Morgan fingerprint density at radius 2 is 2.00 bits per heavy atom. The minimum Gasteiger partial charge on any atom is -0.392 e. The largest absolute Gasteiger partial charge is 0.392 e. The highest BCUT2D eigenvalue weighted by Gasteiger charge is 2.55. The van der Waals surface area contributed by atoms with Crippen molar-refractivity contribution in [2.45, 2.75) is 31.8 Å². The third-order valence-electron chi connectivity index (χ3n) is 4.53. The summed E-state index contributed by atoms with van der Waals surface area (Å²) in [6, 6.07) is 6.72. The average molecular weight is 247 g/mol. The number of hydrogen-bond donors (Lipinski definition) is 1. The van der Waals surface area contributed by atoms with Gasteiger partial charge in [0, 0.05) is 18.1 Å². The van der Waals surface area contributed by atoms with Crippen molar-refractivity contribution in [3.8, 4) is 0 Å². The van der Waals surface area contributed by atoms with Crippen LogP contribution in [-0.2, 0) is 6.42 Å². The summed E-state index contributed by atoms with van der Waals surface area (Å²) in [4.78, 5) is 10.5. The number of rotatable bonds is 4. The molecule has 4 nitrogen and oxygen atoms in total. The van der Waals surface area contributed by atoms with Gasteiger partial charge in [0.1, 0.15) is 0 Å². The van der Waals surface area contributed by atoms with Crippen LogP contribution in [0.4, 0.5) is 5.69 Å². The van der Waals surface area contributed by atoms with Gasteiger partial charge < -0.3 is 5.11 Å². The van der Waals surface area contributed by atoms with Crippen LogP contribution in [0.15, 0.2) is 24.3 Å². The van der Waals surface area contributed by atoms with Gasteiger partial charge in [-0.1, -0.05) is 24.6 Å². The van der Waals surface area contributed by atoms with E-state index >= 15 is 0 Å². The van der Waals surface area contributed by atoms with Gasteiger partial charge >= 0.3 is 0 Å². The predicted molar refractivity (Wildman–Crippen MR) is 67.1 cm³/mol. The Hall–Kier alpha value is -1.42. The van der Waals surface area contributed by atoms with Gasteiger partial charge in [-0.2, -0.15) is 0 Å². The Morgan fingerprint density at radius 1 is 1.33 bits per heavy atom. The van der Waals surface area contributed by atoms with Gasteiger partial charge in [0.15, 0.2) is 0 Å². The first-order chi connectivity index (χ1) is 8.68. The van der Waals surface area contributed by atoms with Crippen molar-refractivity contribution < 1.29 is 10.0 Å². The smallest absolute Gasteiger partial charge is 0.272 e. The Bertz CT molecular complexity index is 464. The van der Waals surface area contributed by atoms with Crippen molar-refractivity contribution in [2.75, 3.05) is 0 Å². The van der Waals surface area contributed by atoms with Crippen molar-refractivity contribution in [3.63, 3.8) is 0 Å². The molecule has 0 saturated heterocycles. The lowest BCUT2D eigenvalue weighted by atomic mass is 9.99. The molecule has 0 heterocycles. The number of aliphatic hydroxyl groups excluding tert-OH is 1. The number of aliphatic hydroxyl groups is 1. The molecule has 96 valence electrons. The van der Waals surface area contributed by atoms with E-state index in [0.29, 0.717) is 29.7 Å². The third kappa shape index (κ3) is 1.90. The first-order valence-electron chi connectivity index (χ1n) is 6.59. The summed E-state index contributed by atoms with van der Waals surface area (Å²) in [6.45, 7) is 0. The van der Waals surface area contributed by atoms with Gasteiger partial charge in [-0.25, -0.2) is 0 Å². The number of hydrogen-bond acceptors (Lipinski definition) is 3. The van der Waals surface area contributed by atoms with E-state index in [9.17, 15) is 15.2 Å². The summed E-state index contributed by atoms with van der Waals surface area (Å²) >= 11 is 0. The van der Waals surface area contributed by atoms with Crippen LogP contribution in [0.1, 0.15) is 24.8 Å². The fourth-order valence-electron chi connectivity index (χ4n) is 3.67. The number of benzene rings is 1. The number of para-hydroxylation sites is 1. The number of fused-ring (bicyclic) bond motifs is 1. The molecule has 0 bridgehead atoms. The minimum absolute atomic E-state index is 0.127. The summed E-state index contributed by atoms with van der Waals surface area (Å²) < 4.78 is 0. The predicted octanol–water partition coefficient (Wildman–Crippen LogP) is 2.54. The molecule has 4 heteroatoms. The lowest BCUT2D eigenvalue weighted by molar-refractivity contribution is -0.385. The molecule has 0 aromatic heterocycles. The molecule has 2 fully saturated rings. The Labute approximate surface area is 106 Å². The molecule has 3 unspecified atom stereocenters. The first-order valence-corrected chi connectivity index (χ1v) is 6.59. The second-order valence-electron chi connectivity index (χ2n) is 5.49. The van der Waals surface area contributed by atoms with Crippen molar-refractivity contribution in [2.24, 2.45) is 17.8 Å². The molecule has 2 saturated carbocycles. The fraction of sp³-hybridized carbons (Fsp3) is 0.571. The molecule has 1 N–H and O–H groups in total. The van der Waals surface area contributed by atoms with Crippen molar-refractivity contribution in [3.05, 3.63) is 39.9 Å². The third-order valence-corrected chi connectivity index (χ3v) is 4.53. The quantitative estimate of drug-likeness (QED) is 0.657. The van der Waals surface area contributed by atoms with Crippen molar-refractivity contribution >= 4 is 5.69 Å². The lowest BCUT2D eigenvalue weighted by Crippen LogP contribution is -2.17. The standard InChI is InChI=1S/C14H17NO3/c16-13(14-10-5-3-6-11(10)14)8-9-4-1-2-7-12(9)15(17)18/h1-2,4,7,10-11,13-14,16H,3,5-6,8H2. The molecule has 1 aromatic rings. The number of nitro groups is 1. The van der Waals surface area contributed by atoms with E-state index in [2.05, 4.69) is 0 Å². The van der Waals surface area contributed by atoms with Crippen LogP contribution in [0.2, 0.25) is 0 Å². The maximum absolute atomic E-state index is 10.9. The van der Waals surface area contributed by atoms with Gasteiger partial charge in [-0.3, -0.25) is 10.1 Å². The number of nitro benzene ring substituents is 1. The zero-order chi connectivity index (χ0) is 12.7. The molecular weight excluding hydrogens is 230 g/mol. The van der Waals surface area contributed by atoms with Crippen molar-refractivity contribution in [1.29, 1.82) is 0 Å². The molecule has 0 amide bonds. The zero-order valence-electron chi connectivity index (χ0n) is 10.2. The van der Waals surface area contributed by atoms with Gasteiger partial charge in [0.05, 0.1) is 11.0 Å². The average Bonchev–Trinajstić information content (AvgIpc) is 2.84. The molecular formula is C14H17NO3. The highest BCUT2D eigenvalue weighted by atomic mass is 16.6. The Kier molecular flexibility index (Phi) is 2.82. The first kappa shape index (κ1) is 11.7. The number of nitrogens with zero attached hydrogens (tertiary/aromatic N) is 1. The molecule has 2 aliphatic rings. The summed E-state index contributed by atoms with van der Waals surface area (Å²) in [7, 11) is 0. The van der Waals surface area contributed by atoms with Gasteiger partial charge in [-0.15, -0.1) is 0 Å². The van der Waals surface area contributed by atoms with E-state index in [-0.39, 0.29) is 10.6 Å². The molecule has 1 aromatic carbocycles. The highest BCUT2D eigenvalue weighted by Crippen LogP contribution is 2.59. The maximum Gasteiger partial charge on any atom is 0.272 e. The summed E-state index contributed by atoms with van der Waals surface area (Å²) in [5.41, 5.74) is 0.780. The summed E-state index contributed by atoms with van der Waals surface area (Å²) in [6.07, 6.45) is 3.73. The van der Waals surface area contributed by atoms with Crippen LogP contribution in [-0.4, -0.2) is 16.1 Å². The van der Waals surface area contributed by atoms with Crippen molar-refractivity contribution in [1.82, 2.24) is 0 Å². The molecule has 0 spiro atoms. The van der Waals surface area contributed by atoms with E-state index in [1.54, 1.807) is 18.2 Å². The van der Waals surface area contributed by atoms with Crippen LogP contribution in [0, 0.1) is 27.9 Å². The van der Waals surface area contributed by atoms with E-state index in [1.807, 2.05) is 0 Å². The molecule has 0 aliphatic heterocycles. The van der Waals surface area contributed by atoms with Crippen LogP contribution >= 0.6 is 0 Å². The van der Waals surface area contributed by atoms with Gasteiger partial charge in [0.2, 0.25) is 0 Å². The Morgan fingerprint density at radius 3 is 2.67 bits per heavy atom. The lowest BCUT2D eigenvalue weighted by Gasteiger charge is -2.12. The molecule has 2 aliphatic carbocycles. The maximum atomic E-state index is 10.9. The van der Waals surface area contributed by atoms with Crippen LogP contribution in [0.5, 0.6) is 0 Å². The van der Waals surface area contributed by atoms with Crippen LogP contribution < -0.4 is 0 Å². The summed E-state index contributed by atoms with van der Waals surface area (Å²) in [5, 5.41) is 21.1. The topological polar surface area (TPSA) is 63.4 Å². The van der Waals surface area contributed by atoms with E-state index in [0.717, 1.165) is 0 Å². The second-order valence-corrected chi connectivity index (χ2v) is 5.49. The molecule has 3 rings (SSSR count). The molecule has 18 heavy (non-hydrogen) atoms. The Balaban J connectivity index is 1.71. The van der Waals surface area contributed by atoms with Gasteiger partial charge in [-0.05, 0) is 30.6 Å². The summed E-state index contributed by atoms with van der Waals surface area (Å²) in [5.74, 6) is 1.75. The van der Waals surface area contributed by atoms with E-state index in [4.69, 9.17) is 0 Å². The normalized spacial score (nSPS) is 30.8. The second kappa shape index (κ2) is 4.35. The SMILES string of the molecule is O=[N+]([O-])c1ccccc1CC(O)C1C2CCCC21. The fourth-order valence-corrected chi connectivity index (χ4v) is 3.67. The monoisotopic (exact) mass is 247 g/mol. The molecule has 0 radical (unpaired) electrons.